The third-order valence-corrected chi connectivity index (χ3v) is 2.85. The summed E-state index contributed by atoms with van der Waals surface area (Å²) in [5.41, 5.74) is 10.2. The van der Waals surface area contributed by atoms with Crippen molar-refractivity contribution in [2.24, 2.45) is 11.5 Å². The summed E-state index contributed by atoms with van der Waals surface area (Å²) in [6.45, 7) is 0. The molecule has 0 aromatic heterocycles. The Balaban J connectivity index is 2.65. The van der Waals surface area contributed by atoms with E-state index >= 15 is 0 Å². The van der Waals surface area contributed by atoms with Crippen molar-refractivity contribution in [3.05, 3.63) is 0 Å². The molecule has 4 heteroatoms. The van der Waals surface area contributed by atoms with Crippen molar-refractivity contribution in [3.8, 4) is 0 Å². The molecule has 1 aliphatic rings. The minimum absolute atomic E-state index is 0.692. The highest BCUT2D eigenvalue weighted by Crippen LogP contribution is 2.27. The quantitative estimate of drug-likeness (QED) is 0.525. The number of hydrogen-bond acceptors (Lipinski definition) is 3. The predicted octanol–water partition coefficient (Wildman–Crippen LogP) is -0.116. The number of rotatable bonds is 2. The summed E-state index contributed by atoms with van der Waals surface area (Å²) in [5.74, 6) is -0.704. The fourth-order valence-corrected chi connectivity index (χ4v) is 1.94. The van der Waals surface area contributed by atoms with E-state index in [1.165, 1.54) is 0 Å². The summed E-state index contributed by atoms with van der Waals surface area (Å²) in [6.07, 6.45) is 4.40. The zero-order valence-electron chi connectivity index (χ0n) is 7.83. The summed E-state index contributed by atoms with van der Waals surface area (Å²) in [5, 5.41) is 9.54. The Bertz CT molecular complexity index is 186. The first kappa shape index (κ1) is 10.5. The van der Waals surface area contributed by atoms with Crippen LogP contribution in [-0.2, 0) is 4.79 Å². The summed E-state index contributed by atoms with van der Waals surface area (Å²) in [4.78, 5) is 10.8. The average molecular weight is 186 g/mol. The summed E-state index contributed by atoms with van der Waals surface area (Å²) in [6, 6.07) is 0. The van der Waals surface area contributed by atoms with Gasteiger partial charge in [0.1, 0.15) is 6.10 Å². The smallest absolute Gasteiger partial charge is 0.248 e. The Kier molecular flexibility index (Phi) is 3.27. The highest BCUT2D eigenvalue weighted by atomic mass is 16.3. The second-order valence-electron chi connectivity index (χ2n) is 3.95. The number of amides is 1. The first-order chi connectivity index (χ1) is 6.06. The number of aliphatic hydroxyl groups excluding tert-OH is 1. The van der Waals surface area contributed by atoms with Gasteiger partial charge in [0.15, 0.2) is 0 Å². The van der Waals surface area contributed by atoms with Crippen molar-refractivity contribution in [3.63, 3.8) is 0 Å². The lowest BCUT2D eigenvalue weighted by Crippen LogP contribution is -2.56. The van der Waals surface area contributed by atoms with E-state index in [1.807, 2.05) is 0 Å². The molecule has 0 aromatic rings. The van der Waals surface area contributed by atoms with Crippen LogP contribution in [0.25, 0.3) is 0 Å². The van der Waals surface area contributed by atoms with Gasteiger partial charge < -0.3 is 16.6 Å². The van der Waals surface area contributed by atoms with Gasteiger partial charge in [0, 0.05) is 0 Å². The van der Waals surface area contributed by atoms with E-state index in [4.69, 9.17) is 11.5 Å². The summed E-state index contributed by atoms with van der Waals surface area (Å²) in [7, 11) is 0. The third-order valence-electron chi connectivity index (χ3n) is 2.85. The lowest BCUT2D eigenvalue weighted by Gasteiger charge is -2.31. The third kappa shape index (κ3) is 2.42. The van der Waals surface area contributed by atoms with Gasteiger partial charge in [0.25, 0.3) is 0 Å². The van der Waals surface area contributed by atoms with Crippen molar-refractivity contribution in [2.75, 3.05) is 0 Å². The number of hydrogen-bond donors (Lipinski definition) is 3. The lowest BCUT2D eigenvalue weighted by molar-refractivity contribution is -0.129. The number of aliphatic hydroxyl groups is 1. The predicted molar refractivity (Wildman–Crippen MR) is 49.8 cm³/mol. The fraction of sp³-hybridized carbons (Fsp3) is 0.889. The SMILES string of the molecule is NC(=O)C(O)C1(N)CCCCCC1. The van der Waals surface area contributed by atoms with Crippen LogP contribution >= 0.6 is 0 Å². The molecule has 0 heterocycles. The van der Waals surface area contributed by atoms with E-state index in [9.17, 15) is 9.90 Å². The molecule has 0 aromatic carbocycles. The van der Waals surface area contributed by atoms with Crippen LogP contribution < -0.4 is 11.5 Å². The second-order valence-corrected chi connectivity index (χ2v) is 3.95. The maximum absolute atomic E-state index is 10.8. The Hall–Kier alpha value is -0.610. The van der Waals surface area contributed by atoms with E-state index in [0.717, 1.165) is 25.7 Å². The van der Waals surface area contributed by atoms with Crippen molar-refractivity contribution in [1.29, 1.82) is 0 Å². The highest BCUT2D eigenvalue weighted by molar-refractivity contribution is 5.80. The van der Waals surface area contributed by atoms with Gasteiger partial charge in [0.05, 0.1) is 5.54 Å². The molecule has 13 heavy (non-hydrogen) atoms. The summed E-state index contributed by atoms with van der Waals surface area (Å²) < 4.78 is 0. The number of carbonyl (C=O) groups excluding carboxylic acids is 1. The minimum atomic E-state index is -1.19. The van der Waals surface area contributed by atoms with Gasteiger partial charge in [0.2, 0.25) is 5.91 Å². The first-order valence-electron chi connectivity index (χ1n) is 4.82. The van der Waals surface area contributed by atoms with Crippen LogP contribution in [0.15, 0.2) is 0 Å². The topological polar surface area (TPSA) is 89.3 Å². The number of carbonyl (C=O) groups is 1. The van der Waals surface area contributed by atoms with E-state index in [2.05, 4.69) is 0 Å². The molecular weight excluding hydrogens is 168 g/mol. The van der Waals surface area contributed by atoms with E-state index in [0.29, 0.717) is 12.8 Å². The minimum Gasteiger partial charge on any atom is -0.381 e. The van der Waals surface area contributed by atoms with Crippen molar-refractivity contribution >= 4 is 5.91 Å². The molecule has 0 saturated heterocycles. The van der Waals surface area contributed by atoms with E-state index in [1.54, 1.807) is 0 Å². The molecule has 1 rings (SSSR count). The molecule has 1 atom stereocenters. The van der Waals surface area contributed by atoms with Gasteiger partial charge in [-0.15, -0.1) is 0 Å². The molecule has 5 N–H and O–H groups in total. The van der Waals surface area contributed by atoms with Crippen LogP contribution in [0, 0.1) is 0 Å². The van der Waals surface area contributed by atoms with Crippen LogP contribution in [0.4, 0.5) is 0 Å². The normalized spacial score (nSPS) is 24.8. The second kappa shape index (κ2) is 4.07. The van der Waals surface area contributed by atoms with E-state index in [-0.39, 0.29) is 0 Å². The van der Waals surface area contributed by atoms with Crippen LogP contribution in [0.5, 0.6) is 0 Å². The molecule has 1 saturated carbocycles. The fourth-order valence-electron chi connectivity index (χ4n) is 1.94. The Morgan fingerprint density at radius 3 is 2.08 bits per heavy atom. The molecular formula is C9H18N2O2. The van der Waals surface area contributed by atoms with Crippen LogP contribution in [0.2, 0.25) is 0 Å². The van der Waals surface area contributed by atoms with Gasteiger partial charge in [-0.3, -0.25) is 4.79 Å². The molecule has 0 bridgehead atoms. The van der Waals surface area contributed by atoms with Crippen LogP contribution in [0.1, 0.15) is 38.5 Å². The Morgan fingerprint density at radius 1 is 1.23 bits per heavy atom. The molecule has 1 aliphatic carbocycles. The van der Waals surface area contributed by atoms with Gasteiger partial charge in [-0.25, -0.2) is 0 Å². The molecule has 0 aliphatic heterocycles. The van der Waals surface area contributed by atoms with Gasteiger partial charge >= 0.3 is 0 Å². The maximum atomic E-state index is 10.8. The van der Waals surface area contributed by atoms with Gasteiger partial charge in [-0.05, 0) is 12.8 Å². The standard InChI is InChI=1S/C9H18N2O2/c10-8(13)7(12)9(11)5-3-1-2-4-6-9/h7,12H,1-6,11H2,(H2,10,13). The lowest BCUT2D eigenvalue weighted by atomic mass is 9.85. The molecule has 1 fully saturated rings. The molecule has 1 amide bonds. The number of primary amides is 1. The molecule has 4 nitrogen and oxygen atoms in total. The van der Waals surface area contributed by atoms with Gasteiger partial charge in [-0.1, -0.05) is 25.7 Å². The molecule has 1 unspecified atom stereocenters. The van der Waals surface area contributed by atoms with E-state index < -0.39 is 17.6 Å². The molecule has 0 spiro atoms. The van der Waals surface area contributed by atoms with Crippen LogP contribution in [0.3, 0.4) is 0 Å². The zero-order valence-corrected chi connectivity index (χ0v) is 7.83. The molecule has 0 radical (unpaired) electrons. The van der Waals surface area contributed by atoms with Crippen molar-refractivity contribution < 1.29 is 9.90 Å². The highest BCUT2D eigenvalue weighted by Gasteiger charge is 2.37. The van der Waals surface area contributed by atoms with Crippen LogP contribution in [-0.4, -0.2) is 22.7 Å². The average Bonchev–Trinajstić information content (AvgIpc) is 2.29. The summed E-state index contributed by atoms with van der Waals surface area (Å²) >= 11 is 0. The number of nitrogens with two attached hydrogens (primary N) is 2. The largest absolute Gasteiger partial charge is 0.381 e. The zero-order chi connectivity index (χ0) is 9.90. The maximum Gasteiger partial charge on any atom is 0.248 e. The van der Waals surface area contributed by atoms with Crippen molar-refractivity contribution in [2.45, 2.75) is 50.2 Å². The van der Waals surface area contributed by atoms with Gasteiger partial charge in [-0.2, -0.15) is 0 Å². The Labute approximate surface area is 78.3 Å². The molecule has 76 valence electrons. The first-order valence-corrected chi connectivity index (χ1v) is 4.82. The Morgan fingerprint density at radius 2 is 1.69 bits per heavy atom. The monoisotopic (exact) mass is 186 g/mol. The van der Waals surface area contributed by atoms with Crippen molar-refractivity contribution in [1.82, 2.24) is 0 Å².